The molecule has 1 aliphatic rings. The molecule has 0 radical (unpaired) electrons. The molecule has 0 heterocycles. The van der Waals surface area contributed by atoms with Gasteiger partial charge in [0.15, 0.2) is 0 Å². The van der Waals surface area contributed by atoms with Crippen LogP contribution < -0.4 is 5.32 Å². The number of rotatable bonds is 3. The Morgan fingerprint density at radius 3 is 2.42 bits per heavy atom. The van der Waals surface area contributed by atoms with Gasteiger partial charge in [0.1, 0.15) is 0 Å². The van der Waals surface area contributed by atoms with Gasteiger partial charge in [-0.15, -0.1) is 0 Å². The maximum atomic E-state index is 10.7. The van der Waals surface area contributed by atoms with Crippen molar-refractivity contribution in [1.82, 2.24) is 0 Å². The maximum absolute atomic E-state index is 10.7. The van der Waals surface area contributed by atoms with E-state index in [1.165, 1.54) is 19.3 Å². The van der Waals surface area contributed by atoms with Gasteiger partial charge in [0.05, 0.1) is 4.92 Å². The molecule has 1 aromatic carbocycles. The molecular weight excluding hydrogens is 355 g/mol. The molecule has 19 heavy (non-hydrogen) atoms. The van der Waals surface area contributed by atoms with Crippen LogP contribution in [0.15, 0.2) is 18.2 Å². The van der Waals surface area contributed by atoms with E-state index in [2.05, 4.69) is 41.8 Å². The second kappa shape index (κ2) is 6.07. The molecule has 0 bridgehead atoms. The van der Waals surface area contributed by atoms with E-state index in [-0.39, 0.29) is 10.6 Å². The number of hydrogen-bond acceptors (Lipinski definition) is 3. The largest absolute Gasteiger partial charge is 0.381 e. The van der Waals surface area contributed by atoms with Crippen LogP contribution in [0.2, 0.25) is 0 Å². The van der Waals surface area contributed by atoms with Crippen LogP contribution in [0.4, 0.5) is 11.4 Å². The summed E-state index contributed by atoms with van der Waals surface area (Å²) in [6, 6.07) is 5.50. The number of anilines is 1. The van der Waals surface area contributed by atoms with E-state index in [1.54, 1.807) is 12.1 Å². The summed E-state index contributed by atoms with van der Waals surface area (Å²) in [5, 5.41) is 14.3. The van der Waals surface area contributed by atoms with E-state index in [9.17, 15) is 10.1 Å². The first-order valence-electron chi connectivity index (χ1n) is 6.66. The van der Waals surface area contributed by atoms with Crippen LogP contribution in [0, 0.1) is 25.5 Å². The van der Waals surface area contributed by atoms with Crippen LogP contribution in [-0.4, -0.2) is 11.0 Å². The van der Waals surface area contributed by atoms with Crippen molar-refractivity contribution < 1.29 is 4.92 Å². The minimum atomic E-state index is -0.350. The molecule has 0 saturated heterocycles. The van der Waals surface area contributed by atoms with Crippen LogP contribution in [0.1, 0.15) is 33.1 Å². The summed E-state index contributed by atoms with van der Waals surface area (Å²) in [5.41, 5.74) is 1.16. The molecule has 1 aromatic rings. The molecule has 1 saturated carbocycles. The van der Waals surface area contributed by atoms with Gasteiger partial charge in [-0.1, -0.05) is 13.8 Å². The SMILES string of the molecule is CC1CC(C)CC(Nc2ccc([N+](=O)[O-])cc2I)C1. The third-order valence-electron chi connectivity index (χ3n) is 3.70. The van der Waals surface area contributed by atoms with Crippen molar-refractivity contribution in [2.24, 2.45) is 11.8 Å². The minimum Gasteiger partial charge on any atom is -0.381 e. The van der Waals surface area contributed by atoms with Gasteiger partial charge in [-0.3, -0.25) is 10.1 Å². The average Bonchev–Trinajstić information content (AvgIpc) is 2.30. The van der Waals surface area contributed by atoms with Crippen molar-refractivity contribution in [1.29, 1.82) is 0 Å². The van der Waals surface area contributed by atoms with E-state index in [1.807, 2.05) is 6.07 Å². The summed E-state index contributed by atoms with van der Waals surface area (Å²) in [6.07, 6.45) is 3.66. The lowest BCUT2D eigenvalue weighted by Gasteiger charge is -2.32. The third-order valence-corrected chi connectivity index (χ3v) is 4.59. The van der Waals surface area contributed by atoms with E-state index >= 15 is 0 Å². The highest BCUT2D eigenvalue weighted by Gasteiger charge is 2.24. The molecule has 0 aromatic heterocycles. The Bertz CT molecular complexity index is 469. The van der Waals surface area contributed by atoms with Crippen LogP contribution >= 0.6 is 22.6 Å². The summed E-state index contributed by atoms with van der Waals surface area (Å²) in [5.74, 6) is 1.49. The Morgan fingerprint density at radius 1 is 1.26 bits per heavy atom. The fourth-order valence-electron chi connectivity index (χ4n) is 3.02. The van der Waals surface area contributed by atoms with E-state index < -0.39 is 0 Å². The lowest BCUT2D eigenvalue weighted by atomic mass is 9.80. The monoisotopic (exact) mass is 374 g/mol. The number of nitro groups is 1. The van der Waals surface area contributed by atoms with Gasteiger partial charge in [-0.2, -0.15) is 0 Å². The first-order chi connectivity index (χ1) is 8.95. The van der Waals surface area contributed by atoms with Crippen molar-refractivity contribution in [3.63, 3.8) is 0 Å². The molecule has 1 N–H and O–H groups in total. The van der Waals surface area contributed by atoms with Crippen LogP contribution in [-0.2, 0) is 0 Å². The molecule has 2 unspecified atom stereocenters. The molecule has 2 rings (SSSR count). The Labute approximate surface area is 127 Å². The lowest BCUT2D eigenvalue weighted by molar-refractivity contribution is -0.384. The van der Waals surface area contributed by atoms with Crippen molar-refractivity contribution >= 4 is 34.0 Å². The second-order valence-corrected chi connectivity index (χ2v) is 6.84. The summed E-state index contributed by atoms with van der Waals surface area (Å²) in [6.45, 7) is 4.59. The average molecular weight is 374 g/mol. The number of benzene rings is 1. The van der Waals surface area contributed by atoms with Crippen LogP contribution in [0.3, 0.4) is 0 Å². The molecule has 4 nitrogen and oxygen atoms in total. The Hall–Kier alpha value is -0.850. The van der Waals surface area contributed by atoms with E-state index in [0.29, 0.717) is 6.04 Å². The van der Waals surface area contributed by atoms with Gasteiger partial charge in [-0.25, -0.2) is 0 Å². The van der Waals surface area contributed by atoms with Crippen LogP contribution in [0.25, 0.3) is 0 Å². The van der Waals surface area contributed by atoms with Gasteiger partial charge in [0, 0.05) is 27.4 Å². The predicted molar refractivity (Wildman–Crippen MR) is 85.4 cm³/mol. The first-order valence-corrected chi connectivity index (χ1v) is 7.74. The first kappa shape index (κ1) is 14.6. The van der Waals surface area contributed by atoms with Crippen LogP contribution in [0.5, 0.6) is 0 Å². The molecule has 5 heteroatoms. The number of nitro benzene ring substituents is 1. The summed E-state index contributed by atoms with van der Waals surface area (Å²) in [7, 11) is 0. The normalized spacial score (nSPS) is 27.0. The van der Waals surface area contributed by atoms with Gasteiger partial charge < -0.3 is 5.32 Å². The lowest BCUT2D eigenvalue weighted by Crippen LogP contribution is -2.30. The van der Waals surface area contributed by atoms with Gasteiger partial charge in [0.25, 0.3) is 5.69 Å². The quantitative estimate of drug-likeness (QED) is 0.484. The highest BCUT2D eigenvalue weighted by Crippen LogP contribution is 2.32. The maximum Gasteiger partial charge on any atom is 0.270 e. The molecule has 0 aliphatic heterocycles. The van der Waals surface area contributed by atoms with Crippen molar-refractivity contribution in [3.8, 4) is 0 Å². The summed E-state index contributed by atoms with van der Waals surface area (Å²) >= 11 is 2.16. The van der Waals surface area contributed by atoms with Crippen molar-refractivity contribution in [2.75, 3.05) is 5.32 Å². The zero-order valence-corrected chi connectivity index (χ0v) is 13.4. The molecule has 0 spiro atoms. The Morgan fingerprint density at radius 2 is 1.89 bits per heavy atom. The fraction of sp³-hybridized carbons (Fsp3) is 0.571. The number of halogens is 1. The number of nitrogens with zero attached hydrogens (tertiary/aromatic N) is 1. The topological polar surface area (TPSA) is 55.2 Å². The second-order valence-electron chi connectivity index (χ2n) is 5.68. The zero-order chi connectivity index (χ0) is 14.0. The van der Waals surface area contributed by atoms with Gasteiger partial charge in [-0.05, 0) is 59.8 Å². The molecular formula is C14H19IN2O2. The Balaban J connectivity index is 2.08. The number of hydrogen-bond donors (Lipinski definition) is 1. The molecule has 1 fully saturated rings. The highest BCUT2D eigenvalue weighted by molar-refractivity contribution is 14.1. The Kier molecular flexibility index (Phi) is 4.65. The molecule has 1 aliphatic carbocycles. The van der Waals surface area contributed by atoms with Gasteiger partial charge >= 0.3 is 0 Å². The van der Waals surface area contributed by atoms with Crippen molar-refractivity contribution in [2.45, 2.75) is 39.2 Å². The molecule has 0 amide bonds. The van der Waals surface area contributed by atoms with Crippen molar-refractivity contribution in [3.05, 3.63) is 31.9 Å². The zero-order valence-electron chi connectivity index (χ0n) is 11.2. The highest BCUT2D eigenvalue weighted by atomic mass is 127. The van der Waals surface area contributed by atoms with E-state index in [0.717, 1.165) is 21.1 Å². The minimum absolute atomic E-state index is 0.153. The standard InChI is InChI=1S/C14H19IN2O2/c1-9-5-10(2)7-11(6-9)16-14-4-3-12(17(18)19)8-13(14)15/h3-4,8-11,16H,5-7H2,1-2H3. The fourth-order valence-corrected chi connectivity index (χ4v) is 3.67. The van der Waals surface area contributed by atoms with Gasteiger partial charge in [0.2, 0.25) is 0 Å². The summed E-state index contributed by atoms with van der Waals surface area (Å²) < 4.78 is 0.915. The number of nitrogens with one attached hydrogen (secondary N) is 1. The summed E-state index contributed by atoms with van der Waals surface area (Å²) in [4.78, 5) is 10.4. The smallest absolute Gasteiger partial charge is 0.270 e. The number of non-ortho nitro benzene ring substituents is 1. The predicted octanol–water partition coefficient (Wildman–Crippen LogP) is 4.44. The third kappa shape index (κ3) is 3.81. The molecule has 2 atom stereocenters. The molecule has 104 valence electrons. The van der Waals surface area contributed by atoms with E-state index in [4.69, 9.17) is 0 Å².